The lowest BCUT2D eigenvalue weighted by Gasteiger charge is -2.42. The molecular formula is C28H27F2N3O3. The first kappa shape index (κ1) is 23.9. The van der Waals surface area contributed by atoms with Crippen LogP contribution in [0.4, 0.5) is 14.5 Å². The molecule has 2 amide bonds. The molecule has 0 aliphatic carbocycles. The molecule has 186 valence electrons. The molecule has 6 nitrogen and oxygen atoms in total. The van der Waals surface area contributed by atoms with Crippen LogP contribution in [0.5, 0.6) is 5.75 Å². The van der Waals surface area contributed by atoms with Gasteiger partial charge in [-0.3, -0.25) is 14.5 Å². The molecule has 2 aliphatic rings. The Labute approximate surface area is 208 Å². The van der Waals surface area contributed by atoms with Crippen molar-refractivity contribution in [2.75, 3.05) is 37.6 Å². The second-order valence-electron chi connectivity index (χ2n) is 9.07. The van der Waals surface area contributed by atoms with Gasteiger partial charge in [-0.1, -0.05) is 36.4 Å². The Balaban J connectivity index is 1.31. The zero-order chi connectivity index (χ0) is 25.2. The van der Waals surface area contributed by atoms with E-state index in [1.165, 1.54) is 31.2 Å². The lowest BCUT2D eigenvalue weighted by atomic mass is 9.96. The van der Waals surface area contributed by atoms with Crippen LogP contribution in [0.15, 0.2) is 72.8 Å². The first-order valence-corrected chi connectivity index (χ1v) is 12.0. The van der Waals surface area contributed by atoms with Gasteiger partial charge in [0.2, 0.25) is 5.91 Å². The van der Waals surface area contributed by atoms with Gasteiger partial charge in [-0.2, -0.15) is 0 Å². The molecule has 5 rings (SSSR count). The summed E-state index contributed by atoms with van der Waals surface area (Å²) in [5.74, 6) is -0.421. The third kappa shape index (κ3) is 4.81. The number of para-hydroxylation sites is 2. The maximum Gasteiger partial charge on any atom is 0.265 e. The summed E-state index contributed by atoms with van der Waals surface area (Å²) in [6.07, 6.45) is -0.777. The number of nitrogens with zero attached hydrogens (tertiary/aromatic N) is 3. The van der Waals surface area contributed by atoms with E-state index in [-0.39, 0.29) is 36.0 Å². The van der Waals surface area contributed by atoms with Gasteiger partial charge in [-0.05, 0) is 47.5 Å². The van der Waals surface area contributed by atoms with Crippen LogP contribution in [-0.2, 0) is 9.59 Å². The Morgan fingerprint density at radius 3 is 1.94 bits per heavy atom. The van der Waals surface area contributed by atoms with Crippen molar-refractivity contribution in [3.05, 3.63) is 95.6 Å². The summed E-state index contributed by atoms with van der Waals surface area (Å²) >= 11 is 0. The van der Waals surface area contributed by atoms with Gasteiger partial charge in [0, 0.05) is 33.1 Å². The van der Waals surface area contributed by atoms with Crippen molar-refractivity contribution in [2.24, 2.45) is 0 Å². The van der Waals surface area contributed by atoms with Gasteiger partial charge in [0.25, 0.3) is 5.91 Å². The average molecular weight is 492 g/mol. The number of carbonyl (C=O) groups is 2. The number of fused-ring (bicyclic) bond motifs is 1. The highest BCUT2D eigenvalue weighted by molar-refractivity contribution is 5.95. The van der Waals surface area contributed by atoms with E-state index in [2.05, 4.69) is 4.90 Å². The van der Waals surface area contributed by atoms with Gasteiger partial charge in [0.15, 0.2) is 6.10 Å². The number of carbonyl (C=O) groups excluding carboxylic acids is 2. The van der Waals surface area contributed by atoms with E-state index in [1.807, 2.05) is 12.1 Å². The minimum Gasteiger partial charge on any atom is -0.476 e. The molecule has 36 heavy (non-hydrogen) atoms. The second kappa shape index (κ2) is 10.1. The van der Waals surface area contributed by atoms with E-state index < -0.39 is 6.10 Å². The molecule has 2 heterocycles. The number of halogens is 2. The van der Waals surface area contributed by atoms with E-state index in [0.717, 1.165) is 11.1 Å². The van der Waals surface area contributed by atoms with E-state index in [4.69, 9.17) is 4.74 Å². The van der Waals surface area contributed by atoms with Gasteiger partial charge >= 0.3 is 0 Å². The minimum atomic E-state index is -0.777. The summed E-state index contributed by atoms with van der Waals surface area (Å²) < 4.78 is 33.2. The fourth-order valence-electron chi connectivity index (χ4n) is 4.97. The van der Waals surface area contributed by atoms with E-state index in [1.54, 1.807) is 46.2 Å². The van der Waals surface area contributed by atoms with Crippen LogP contribution in [0, 0.1) is 11.6 Å². The van der Waals surface area contributed by atoms with E-state index in [0.29, 0.717) is 37.6 Å². The number of benzene rings is 3. The summed E-state index contributed by atoms with van der Waals surface area (Å²) in [5.41, 5.74) is 2.46. The molecule has 2 aliphatic heterocycles. The summed E-state index contributed by atoms with van der Waals surface area (Å²) in [6, 6.07) is 19.7. The predicted octanol–water partition coefficient (Wildman–Crippen LogP) is 4.01. The van der Waals surface area contributed by atoms with E-state index in [9.17, 15) is 18.4 Å². The number of amides is 2. The zero-order valence-corrected chi connectivity index (χ0v) is 19.9. The molecule has 1 saturated heterocycles. The smallest absolute Gasteiger partial charge is 0.265 e. The fourth-order valence-corrected chi connectivity index (χ4v) is 4.97. The molecule has 8 heteroatoms. The summed E-state index contributed by atoms with van der Waals surface area (Å²) in [6.45, 7) is 3.74. The van der Waals surface area contributed by atoms with Gasteiger partial charge in [0.1, 0.15) is 17.4 Å². The normalized spacial score (nSPS) is 18.1. The number of piperazine rings is 1. The molecule has 1 fully saturated rings. The Morgan fingerprint density at radius 2 is 1.39 bits per heavy atom. The molecule has 0 bridgehead atoms. The number of ether oxygens (including phenoxy) is 1. The Morgan fingerprint density at radius 1 is 0.833 bits per heavy atom. The van der Waals surface area contributed by atoms with Crippen molar-refractivity contribution >= 4 is 17.5 Å². The zero-order valence-electron chi connectivity index (χ0n) is 19.9. The molecule has 3 aromatic carbocycles. The van der Waals surface area contributed by atoms with Crippen LogP contribution in [0.3, 0.4) is 0 Å². The molecule has 0 saturated carbocycles. The number of hydrogen-bond donors (Lipinski definition) is 0. The third-order valence-electron chi connectivity index (χ3n) is 6.79. The van der Waals surface area contributed by atoms with Crippen LogP contribution < -0.4 is 9.64 Å². The van der Waals surface area contributed by atoms with Gasteiger partial charge < -0.3 is 14.5 Å². The van der Waals surface area contributed by atoms with Crippen LogP contribution in [0.1, 0.15) is 24.1 Å². The Kier molecular flexibility index (Phi) is 6.69. The van der Waals surface area contributed by atoms with Crippen LogP contribution in [0.25, 0.3) is 0 Å². The van der Waals surface area contributed by atoms with Crippen LogP contribution >= 0.6 is 0 Å². The molecule has 0 aromatic heterocycles. The molecule has 0 N–H and O–H groups in total. The van der Waals surface area contributed by atoms with Crippen molar-refractivity contribution in [1.82, 2.24) is 9.80 Å². The van der Waals surface area contributed by atoms with Crippen LogP contribution in [-0.4, -0.2) is 60.4 Å². The van der Waals surface area contributed by atoms with Crippen LogP contribution in [0.2, 0.25) is 0 Å². The second-order valence-corrected chi connectivity index (χ2v) is 9.07. The molecule has 1 atom stereocenters. The SMILES string of the molecule is CC(=O)N1CC(C(=O)N2CCN(C(c3ccc(F)cc3)c3ccc(F)cc3)CC2)Oc2ccccc21. The molecule has 1 unspecified atom stereocenters. The summed E-state index contributed by atoms with van der Waals surface area (Å²) in [4.78, 5) is 31.2. The maximum absolute atomic E-state index is 13.6. The number of hydrogen-bond acceptors (Lipinski definition) is 4. The van der Waals surface area contributed by atoms with Crippen molar-refractivity contribution in [1.29, 1.82) is 0 Å². The molecular weight excluding hydrogens is 464 g/mol. The predicted molar refractivity (Wildman–Crippen MR) is 132 cm³/mol. The highest BCUT2D eigenvalue weighted by atomic mass is 19.1. The summed E-state index contributed by atoms with van der Waals surface area (Å²) in [5, 5.41) is 0. The Bertz CT molecular complexity index is 1200. The fraction of sp³-hybridized carbons (Fsp3) is 0.286. The first-order chi connectivity index (χ1) is 17.4. The maximum atomic E-state index is 13.6. The van der Waals surface area contributed by atoms with Crippen molar-refractivity contribution in [3.63, 3.8) is 0 Å². The molecule has 3 aromatic rings. The number of rotatable bonds is 4. The third-order valence-corrected chi connectivity index (χ3v) is 6.79. The monoisotopic (exact) mass is 491 g/mol. The lowest BCUT2D eigenvalue weighted by molar-refractivity contribution is -0.140. The van der Waals surface area contributed by atoms with Gasteiger partial charge in [-0.15, -0.1) is 0 Å². The van der Waals surface area contributed by atoms with Gasteiger partial charge in [0.05, 0.1) is 18.3 Å². The quantitative estimate of drug-likeness (QED) is 0.554. The minimum absolute atomic E-state index is 0.144. The standard InChI is InChI=1S/C28H27F2N3O3/c1-19(34)33-18-26(36-25-5-3-2-4-24(25)33)28(35)32-16-14-31(15-17-32)27(20-6-10-22(29)11-7-20)21-8-12-23(30)13-9-21/h2-13,26-27H,14-18H2,1H3. The van der Waals surface area contributed by atoms with E-state index >= 15 is 0 Å². The largest absolute Gasteiger partial charge is 0.476 e. The molecule has 0 radical (unpaired) electrons. The van der Waals surface area contributed by atoms with Crippen molar-refractivity contribution in [2.45, 2.75) is 19.1 Å². The highest BCUT2D eigenvalue weighted by Gasteiger charge is 2.37. The van der Waals surface area contributed by atoms with Crippen molar-refractivity contribution < 1.29 is 23.1 Å². The topological polar surface area (TPSA) is 53.1 Å². The van der Waals surface area contributed by atoms with Crippen molar-refractivity contribution in [3.8, 4) is 5.75 Å². The Hall–Kier alpha value is -3.78. The average Bonchev–Trinajstić information content (AvgIpc) is 2.90. The first-order valence-electron chi connectivity index (χ1n) is 12.0. The number of anilines is 1. The van der Waals surface area contributed by atoms with Gasteiger partial charge in [-0.25, -0.2) is 8.78 Å². The molecule has 0 spiro atoms. The lowest BCUT2D eigenvalue weighted by Crippen LogP contribution is -2.56. The highest BCUT2D eigenvalue weighted by Crippen LogP contribution is 2.34. The summed E-state index contributed by atoms with van der Waals surface area (Å²) in [7, 11) is 0.